The smallest absolute Gasteiger partial charge is 0.244 e. The molecule has 2 amide bonds. The summed E-state index contributed by atoms with van der Waals surface area (Å²) >= 11 is 0. The monoisotopic (exact) mass is 257 g/mol. The standard InChI is InChI=1S/C14H15N3O2/c1-11(18)15-12-5-4-6-13(9-12)16-14(19)10-17-7-2-3-8-17/h2-9H,10H2,1H3,(H,15,18)(H,16,19). The molecule has 1 aromatic heterocycles. The molecule has 5 heteroatoms. The molecule has 0 unspecified atom stereocenters. The summed E-state index contributed by atoms with van der Waals surface area (Å²) in [5.41, 5.74) is 1.31. The molecule has 2 aromatic rings. The van der Waals surface area contributed by atoms with Crippen LogP contribution in [0.1, 0.15) is 6.92 Å². The average Bonchev–Trinajstić information content (AvgIpc) is 2.81. The van der Waals surface area contributed by atoms with Gasteiger partial charge in [0.2, 0.25) is 11.8 Å². The van der Waals surface area contributed by atoms with E-state index in [0.717, 1.165) is 0 Å². The summed E-state index contributed by atoms with van der Waals surface area (Å²) in [5.74, 6) is -0.257. The first-order valence-corrected chi connectivity index (χ1v) is 5.92. The van der Waals surface area contributed by atoms with E-state index >= 15 is 0 Å². The maximum atomic E-state index is 11.8. The molecule has 0 saturated heterocycles. The Kier molecular flexibility index (Phi) is 3.97. The SMILES string of the molecule is CC(=O)Nc1cccc(NC(=O)Cn2cccc2)c1. The normalized spacial score (nSPS) is 9.95. The summed E-state index contributed by atoms with van der Waals surface area (Å²) in [4.78, 5) is 22.8. The van der Waals surface area contributed by atoms with Gasteiger partial charge in [0, 0.05) is 30.7 Å². The van der Waals surface area contributed by atoms with Crippen molar-refractivity contribution in [3.05, 3.63) is 48.8 Å². The third-order valence-electron chi connectivity index (χ3n) is 2.46. The van der Waals surface area contributed by atoms with Crippen LogP contribution in [0.25, 0.3) is 0 Å². The molecule has 5 nitrogen and oxygen atoms in total. The molecule has 0 radical (unpaired) electrons. The predicted molar refractivity (Wildman–Crippen MR) is 73.8 cm³/mol. The number of aromatic nitrogens is 1. The number of nitrogens with one attached hydrogen (secondary N) is 2. The van der Waals surface area contributed by atoms with Gasteiger partial charge in [-0.05, 0) is 30.3 Å². The molecule has 1 heterocycles. The minimum Gasteiger partial charge on any atom is -0.345 e. The summed E-state index contributed by atoms with van der Waals surface area (Å²) in [6, 6.07) is 10.8. The van der Waals surface area contributed by atoms with Crippen molar-refractivity contribution in [2.24, 2.45) is 0 Å². The molecule has 2 N–H and O–H groups in total. The Morgan fingerprint density at radius 2 is 1.68 bits per heavy atom. The molecule has 0 aliphatic heterocycles. The second-order valence-electron chi connectivity index (χ2n) is 4.17. The first kappa shape index (κ1) is 12.9. The molecule has 0 bridgehead atoms. The maximum absolute atomic E-state index is 11.8. The van der Waals surface area contributed by atoms with Crippen LogP contribution in [0.5, 0.6) is 0 Å². The van der Waals surface area contributed by atoms with E-state index in [0.29, 0.717) is 11.4 Å². The van der Waals surface area contributed by atoms with E-state index in [1.165, 1.54) is 6.92 Å². The first-order chi connectivity index (χ1) is 9.13. The van der Waals surface area contributed by atoms with Gasteiger partial charge >= 0.3 is 0 Å². The van der Waals surface area contributed by atoms with Crippen LogP contribution in [0.2, 0.25) is 0 Å². The molecule has 0 saturated carbocycles. The largest absolute Gasteiger partial charge is 0.345 e. The lowest BCUT2D eigenvalue weighted by atomic mass is 10.2. The molecule has 0 atom stereocenters. The highest BCUT2D eigenvalue weighted by molar-refractivity contribution is 5.93. The molecular formula is C14H15N3O2. The summed E-state index contributed by atoms with van der Waals surface area (Å²) in [6.07, 6.45) is 3.65. The fourth-order valence-corrected chi connectivity index (χ4v) is 1.72. The number of rotatable bonds is 4. The van der Waals surface area contributed by atoms with Crippen LogP contribution >= 0.6 is 0 Å². The number of nitrogens with zero attached hydrogens (tertiary/aromatic N) is 1. The van der Waals surface area contributed by atoms with Gasteiger partial charge < -0.3 is 15.2 Å². The van der Waals surface area contributed by atoms with Crippen LogP contribution in [0.15, 0.2) is 48.8 Å². The van der Waals surface area contributed by atoms with Crippen molar-refractivity contribution < 1.29 is 9.59 Å². The van der Waals surface area contributed by atoms with Crippen molar-refractivity contribution in [2.45, 2.75) is 13.5 Å². The van der Waals surface area contributed by atoms with Gasteiger partial charge in [-0.25, -0.2) is 0 Å². The number of hydrogen-bond donors (Lipinski definition) is 2. The van der Waals surface area contributed by atoms with Gasteiger partial charge in [0.05, 0.1) is 0 Å². The molecule has 2 rings (SSSR count). The van der Waals surface area contributed by atoms with Gasteiger partial charge in [-0.15, -0.1) is 0 Å². The Labute approximate surface area is 111 Å². The van der Waals surface area contributed by atoms with E-state index in [1.54, 1.807) is 28.8 Å². The van der Waals surface area contributed by atoms with Crippen LogP contribution in [0.3, 0.4) is 0 Å². The Morgan fingerprint density at radius 1 is 1.05 bits per heavy atom. The van der Waals surface area contributed by atoms with Crippen LogP contribution in [-0.4, -0.2) is 16.4 Å². The number of hydrogen-bond acceptors (Lipinski definition) is 2. The number of benzene rings is 1. The minimum atomic E-state index is -0.143. The van der Waals surface area contributed by atoms with E-state index in [1.807, 2.05) is 24.5 Å². The molecule has 0 spiro atoms. The third kappa shape index (κ3) is 3.99. The highest BCUT2D eigenvalue weighted by Crippen LogP contribution is 2.15. The predicted octanol–water partition coefficient (Wildman–Crippen LogP) is 2.09. The van der Waals surface area contributed by atoms with E-state index in [-0.39, 0.29) is 18.4 Å². The van der Waals surface area contributed by atoms with Crippen molar-refractivity contribution in [1.82, 2.24) is 4.57 Å². The molecule has 1 aromatic carbocycles. The zero-order valence-corrected chi connectivity index (χ0v) is 10.6. The fraction of sp³-hybridized carbons (Fsp3) is 0.143. The van der Waals surface area contributed by atoms with Crippen molar-refractivity contribution in [3.63, 3.8) is 0 Å². The lowest BCUT2D eigenvalue weighted by Gasteiger charge is -2.08. The highest BCUT2D eigenvalue weighted by Gasteiger charge is 2.04. The second kappa shape index (κ2) is 5.86. The zero-order chi connectivity index (χ0) is 13.7. The summed E-state index contributed by atoms with van der Waals surface area (Å²) < 4.78 is 1.78. The average molecular weight is 257 g/mol. The zero-order valence-electron chi connectivity index (χ0n) is 10.6. The molecule has 98 valence electrons. The van der Waals surface area contributed by atoms with Crippen LogP contribution < -0.4 is 10.6 Å². The van der Waals surface area contributed by atoms with Gasteiger partial charge in [-0.2, -0.15) is 0 Å². The van der Waals surface area contributed by atoms with Crippen LogP contribution in [0.4, 0.5) is 11.4 Å². The van der Waals surface area contributed by atoms with Gasteiger partial charge in [-0.1, -0.05) is 6.07 Å². The number of amides is 2. The molecule has 19 heavy (non-hydrogen) atoms. The van der Waals surface area contributed by atoms with E-state index < -0.39 is 0 Å². The first-order valence-electron chi connectivity index (χ1n) is 5.92. The van der Waals surface area contributed by atoms with E-state index in [2.05, 4.69) is 10.6 Å². The molecular weight excluding hydrogens is 242 g/mol. The van der Waals surface area contributed by atoms with Gasteiger partial charge in [-0.3, -0.25) is 9.59 Å². The van der Waals surface area contributed by atoms with Crippen molar-refractivity contribution in [2.75, 3.05) is 10.6 Å². The third-order valence-corrected chi connectivity index (χ3v) is 2.46. The van der Waals surface area contributed by atoms with Crippen LogP contribution in [-0.2, 0) is 16.1 Å². The van der Waals surface area contributed by atoms with Crippen molar-refractivity contribution in [1.29, 1.82) is 0 Å². The Balaban J connectivity index is 1.98. The summed E-state index contributed by atoms with van der Waals surface area (Å²) in [5, 5.41) is 5.45. The Hall–Kier alpha value is -2.56. The van der Waals surface area contributed by atoms with Crippen molar-refractivity contribution >= 4 is 23.2 Å². The van der Waals surface area contributed by atoms with Gasteiger partial charge in [0.25, 0.3) is 0 Å². The molecule has 0 fully saturated rings. The molecule has 0 aliphatic rings. The lowest BCUT2D eigenvalue weighted by molar-refractivity contribution is -0.117. The van der Waals surface area contributed by atoms with E-state index in [9.17, 15) is 9.59 Å². The second-order valence-corrected chi connectivity index (χ2v) is 4.17. The van der Waals surface area contributed by atoms with Crippen LogP contribution in [0, 0.1) is 0 Å². The number of carbonyl (C=O) groups is 2. The quantitative estimate of drug-likeness (QED) is 0.880. The van der Waals surface area contributed by atoms with E-state index in [4.69, 9.17) is 0 Å². The maximum Gasteiger partial charge on any atom is 0.244 e. The minimum absolute atomic E-state index is 0.115. The van der Waals surface area contributed by atoms with Gasteiger partial charge in [0.15, 0.2) is 0 Å². The Morgan fingerprint density at radius 3 is 2.32 bits per heavy atom. The molecule has 0 aliphatic carbocycles. The number of carbonyl (C=O) groups excluding carboxylic acids is 2. The van der Waals surface area contributed by atoms with Crippen molar-refractivity contribution in [3.8, 4) is 0 Å². The fourth-order valence-electron chi connectivity index (χ4n) is 1.72. The summed E-state index contributed by atoms with van der Waals surface area (Å²) in [7, 11) is 0. The lowest BCUT2D eigenvalue weighted by Crippen LogP contribution is -2.18. The highest BCUT2D eigenvalue weighted by atomic mass is 16.2. The topological polar surface area (TPSA) is 63.1 Å². The summed E-state index contributed by atoms with van der Waals surface area (Å²) in [6.45, 7) is 1.70. The Bertz CT molecular complexity index is 576. The number of anilines is 2. The van der Waals surface area contributed by atoms with Gasteiger partial charge in [0.1, 0.15) is 6.54 Å².